The molecule has 3 spiro atoms. The van der Waals surface area contributed by atoms with Gasteiger partial charge < -0.3 is 14.4 Å². The minimum Gasteiger partial charge on any atom is -0.311 e. The number of fused-ring (bicyclic) bond motifs is 39. The molecule has 0 amide bonds. The molecule has 0 saturated carbocycles. The van der Waals surface area contributed by atoms with Gasteiger partial charge in [0.2, 0.25) is 0 Å². The minimum absolute atomic E-state index is 0.333. The third-order valence-electron chi connectivity index (χ3n) is 26.6. The second-order valence-corrected chi connectivity index (χ2v) is 31.0. The van der Waals surface area contributed by atoms with E-state index < -0.39 is 16.2 Å². The first-order chi connectivity index (χ1) is 54.1. The zero-order chi connectivity index (χ0) is 70.7. The van der Waals surface area contributed by atoms with Crippen LogP contribution in [0.25, 0.3) is 105 Å². The van der Waals surface area contributed by atoms with Gasteiger partial charge >= 0.3 is 0 Å². The van der Waals surface area contributed by atoms with Crippen LogP contribution in [0.5, 0.6) is 0 Å². The molecule has 3 nitrogen and oxygen atoms in total. The molecule has 2 aliphatic heterocycles. The van der Waals surface area contributed by atoms with Crippen molar-refractivity contribution in [3.63, 3.8) is 0 Å². The maximum atomic E-state index is 2.79. The molecule has 4 heteroatoms. The lowest BCUT2D eigenvalue weighted by molar-refractivity contribution is 0.793. The van der Waals surface area contributed by atoms with Crippen LogP contribution in [0, 0.1) is 0 Å². The summed E-state index contributed by atoms with van der Waals surface area (Å²) in [4.78, 5) is 5.54. The second-order valence-electron chi connectivity index (χ2n) is 31.0. The van der Waals surface area contributed by atoms with Crippen LogP contribution in [0.4, 0.5) is 34.1 Å². The molecule has 0 bridgehead atoms. The van der Waals surface area contributed by atoms with Crippen LogP contribution >= 0.6 is 0 Å². The molecule has 0 N–H and O–H groups in total. The predicted molar refractivity (Wildman–Crippen MR) is 449 cm³/mol. The molecule has 18 aromatic rings. The smallest absolute Gasteiger partial charge is 0.252 e. The summed E-state index contributed by atoms with van der Waals surface area (Å²) in [5, 5.41) is 2.44. The van der Waals surface area contributed by atoms with E-state index in [2.05, 4.69) is 390 Å². The van der Waals surface area contributed by atoms with Gasteiger partial charge in [-0.3, -0.25) is 0 Å². The highest BCUT2D eigenvalue weighted by Gasteiger charge is 2.60. The molecule has 26 rings (SSSR count). The van der Waals surface area contributed by atoms with Crippen LogP contribution in [0.1, 0.15) is 66.8 Å². The van der Waals surface area contributed by atoms with E-state index in [1.165, 1.54) is 183 Å². The largest absolute Gasteiger partial charge is 0.311 e. The first kappa shape index (κ1) is 58.5. The van der Waals surface area contributed by atoms with Crippen molar-refractivity contribution in [2.75, 3.05) is 9.80 Å². The first-order valence-electron chi connectivity index (χ1n) is 38.4. The van der Waals surface area contributed by atoms with E-state index in [0.717, 1.165) is 39.5 Å². The van der Waals surface area contributed by atoms with Gasteiger partial charge in [0.25, 0.3) is 6.71 Å². The Morgan fingerprint density at radius 3 is 1.11 bits per heavy atom. The van der Waals surface area contributed by atoms with E-state index in [4.69, 9.17) is 0 Å². The Labute approximate surface area is 631 Å². The van der Waals surface area contributed by atoms with Gasteiger partial charge in [0.15, 0.2) is 0 Å². The van der Waals surface area contributed by atoms with Crippen molar-refractivity contribution in [3.05, 3.63) is 443 Å². The summed E-state index contributed by atoms with van der Waals surface area (Å²) in [5.41, 5.74) is 45.8. The molecule has 0 saturated heterocycles. The van der Waals surface area contributed by atoms with Gasteiger partial charge in [-0.15, -0.1) is 0 Å². The van der Waals surface area contributed by atoms with E-state index in [1.54, 1.807) is 0 Å². The van der Waals surface area contributed by atoms with Crippen molar-refractivity contribution in [2.24, 2.45) is 0 Å². The summed E-state index contributed by atoms with van der Waals surface area (Å²) in [6.45, 7) is -0.333. The third-order valence-corrected chi connectivity index (χ3v) is 26.6. The minimum atomic E-state index is -0.724. The highest BCUT2D eigenvalue weighted by Crippen LogP contribution is 2.69. The number of hydrogen-bond acceptors (Lipinski definition) is 2. The fraction of sp³-hybridized carbons (Fsp3) is 0.0286. The highest BCUT2D eigenvalue weighted by atomic mass is 15.2. The molecule has 8 aliphatic rings. The Kier molecular flexibility index (Phi) is 11.2. The number of para-hydroxylation sites is 2. The van der Waals surface area contributed by atoms with Crippen molar-refractivity contribution in [2.45, 2.75) is 16.2 Å². The van der Waals surface area contributed by atoms with Crippen LogP contribution in [-0.4, -0.2) is 11.3 Å². The summed E-state index contributed by atoms with van der Waals surface area (Å²) >= 11 is 0. The van der Waals surface area contributed by atoms with Crippen LogP contribution in [-0.2, 0) is 16.2 Å². The summed E-state index contributed by atoms with van der Waals surface area (Å²) in [5.74, 6) is 0. The Bertz CT molecular complexity index is 6950. The Morgan fingerprint density at radius 2 is 0.606 bits per heavy atom. The zero-order valence-corrected chi connectivity index (χ0v) is 59.2. The number of hydrogen-bond donors (Lipinski definition) is 0. The van der Waals surface area contributed by atoms with Crippen LogP contribution in [0.15, 0.2) is 376 Å². The third kappa shape index (κ3) is 6.88. The van der Waals surface area contributed by atoms with Gasteiger partial charge in [-0.2, -0.15) is 0 Å². The Balaban J connectivity index is 0.868. The van der Waals surface area contributed by atoms with E-state index in [1.807, 2.05) is 0 Å². The molecule has 0 fully saturated rings. The molecule has 109 heavy (non-hydrogen) atoms. The van der Waals surface area contributed by atoms with E-state index >= 15 is 0 Å². The summed E-state index contributed by atoms with van der Waals surface area (Å²) in [6, 6.07) is 146. The number of anilines is 6. The van der Waals surface area contributed by atoms with Gasteiger partial charge in [0, 0.05) is 50.3 Å². The normalized spacial score (nSPS) is 15.0. The van der Waals surface area contributed by atoms with Crippen molar-refractivity contribution in [1.82, 2.24) is 4.57 Å². The zero-order valence-electron chi connectivity index (χ0n) is 59.2. The maximum Gasteiger partial charge on any atom is 0.252 e. The molecule has 6 aliphatic carbocycles. The topological polar surface area (TPSA) is 11.4 Å². The van der Waals surface area contributed by atoms with Gasteiger partial charge in [-0.05, 0) is 198 Å². The SMILES string of the molecule is c1ccc(-c2ccc(N3c4cc(-n5c6ccccc6c6ccccc65)cc5c4B(c4ccc6c(c43)-c3ccccc3C63c4ccccc4-c4ccccc43)c3c(ccc4c3C3(c6ccccc6-c6ccccc63)c3ccccc3-4)N5c3cccc4c3-c3ccccc3C43c4ccccc4-c4ccccc43)cc2)cc1. The predicted octanol–water partition coefficient (Wildman–Crippen LogP) is 23.6. The van der Waals surface area contributed by atoms with Crippen LogP contribution in [0.3, 0.4) is 0 Å². The lowest BCUT2D eigenvalue weighted by atomic mass is 9.31. The van der Waals surface area contributed by atoms with Crippen molar-refractivity contribution >= 4 is 79.0 Å². The van der Waals surface area contributed by atoms with Gasteiger partial charge in [-0.25, -0.2) is 0 Å². The van der Waals surface area contributed by atoms with Crippen molar-refractivity contribution < 1.29 is 0 Å². The van der Waals surface area contributed by atoms with Crippen LogP contribution in [0.2, 0.25) is 0 Å². The van der Waals surface area contributed by atoms with E-state index in [9.17, 15) is 0 Å². The fourth-order valence-corrected chi connectivity index (χ4v) is 22.9. The Morgan fingerprint density at radius 1 is 0.220 bits per heavy atom. The summed E-state index contributed by atoms with van der Waals surface area (Å²) in [6.07, 6.45) is 0. The average molecular weight is 1380 g/mol. The molecule has 1 aromatic heterocycles. The molecule has 0 atom stereocenters. The maximum absolute atomic E-state index is 2.79. The fourth-order valence-electron chi connectivity index (χ4n) is 22.9. The summed E-state index contributed by atoms with van der Waals surface area (Å²) < 4.78 is 2.58. The molecule has 17 aromatic carbocycles. The monoisotopic (exact) mass is 1380 g/mol. The van der Waals surface area contributed by atoms with Gasteiger partial charge in [0.05, 0.1) is 38.7 Å². The lowest BCUT2D eigenvalue weighted by Gasteiger charge is -2.47. The molecular weight excluding hydrogens is 1310 g/mol. The van der Waals surface area contributed by atoms with Gasteiger partial charge in [-0.1, -0.05) is 328 Å². The van der Waals surface area contributed by atoms with Crippen molar-refractivity contribution in [1.29, 1.82) is 0 Å². The van der Waals surface area contributed by atoms with E-state index in [0.29, 0.717) is 0 Å². The highest BCUT2D eigenvalue weighted by molar-refractivity contribution is 7.01. The quantitative estimate of drug-likeness (QED) is 0.163. The van der Waals surface area contributed by atoms with Crippen LogP contribution < -0.4 is 26.2 Å². The number of nitrogens with zero attached hydrogens (tertiary/aromatic N) is 3. The van der Waals surface area contributed by atoms with Gasteiger partial charge in [0.1, 0.15) is 0 Å². The molecule has 0 radical (unpaired) electrons. The first-order valence-corrected chi connectivity index (χ1v) is 38.4. The molecule has 500 valence electrons. The summed E-state index contributed by atoms with van der Waals surface area (Å²) in [7, 11) is 0. The molecular formula is C105H62BN3. The standard InChI is InChI=1S/C105H62BN3/c1-2-27-63(28-3-1)64-53-55-65(56-54-64)108-95-61-66(107-91-50-24-13-36-74(91)75-37-14-25-51-92(75)107)62-96-100(95)106(90-59-58-89-98(102(90)108)78-39-12-23-48-87(78)104(89)81-42-17-6-31-69(81)70-32-7-18-43-82(70)104)101-94(60-57-76-73-35-10-21-46-85(73)105(99(76)101)83-44-19-8-33-71(83)72-34-9-20-45-84(72)105)109(96)93-52-26-49-88-97(93)77-38-11-22-47-86(77)103(88)79-40-15-4-29-67(79)68-30-5-16-41-80(68)103/h1-62H. The lowest BCUT2D eigenvalue weighted by Crippen LogP contribution is -2.63. The molecule has 3 heterocycles. The molecule has 0 unspecified atom stereocenters. The number of aromatic nitrogens is 1. The number of rotatable bonds is 4. The second kappa shape index (κ2) is 20.8. The van der Waals surface area contributed by atoms with E-state index in [-0.39, 0.29) is 6.71 Å². The number of benzene rings is 17. The Hall–Kier alpha value is -13.8. The average Bonchev–Trinajstić information content (AvgIpc) is 1.60. The van der Waals surface area contributed by atoms with Crippen molar-refractivity contribution in [3.8, 4) is 83.6 Å².